The molecule has 9 N–H and O–H groups in total. The van der Waals surface area contributed by atoms with E-state index in [1.807, 2.05) is 0 Å². The summed E-state index contributed by atoms with van der Waals surface area (Å²) < 4.78 is 16.6. The number of aromatic hydroxyl groups is 7. The number of benzene rings is 5. The molecule has 0 saturated heterocycles. The summed E-state index contributed by atoms with van der Waals surface area (Å²) in [5.41, 5.74) is -1.48. The second-order valence-electron chi connectivity index (χ2n) is 11.6. The lowest BCUT2D eigenvalue weighted by molar-refractivity contribution is -0.147. The highest BCUT2D eigenvalue weighted by Gasteiger charge is 2.37. The van der Waals surface area contributed by atoms with Gasteiger partial charge in [0.15, 0.2) is 46.0 Å². The number of phenols is 7. The van der Waals surface area contributed by atoms with Crippen LogP contribution < -0.4 is 4.74 Å². The van der Waals surface area contributed by atoms with Gasteiger partial charge in [-0.05, 0) is 59.0 Å². The predicted molar refractivity (Wildman–Crippen MR) is 175 cm³/mol. The Kier molecular flexibility index (Phi) is 8.73. The fourth-order valence-electron chi connectivity index (χ4n) is 5.71. The molecule has 0 spiro atoms. The summed E-state index contributed by atoms with van der Waals surface area (Å²) in [5.74, 6) is -10.6. The van der Waals surface area contributed by atoms with Crippen LogP contribution in [0.2, 0.25) is 0 Å². The number of rotatable bonds is 10. The number of phenolic OH excluding ortho intramolecular Hbond substituents is 7. The first-order valence-corrected chi connectivity index (χ1v) is 15.1. The smallest absolute Gasteiger partial charge is 0.345 e. The maximum absolute atomic E-state index is 14.2. The second-order valence-corrected chi connectivity index (χ2v) is 11.6. The molecule has 5 aromatic carbocycles. The Bertz CT molecular complexity index is 2330. The van der Waals surface area contributed by atoms with Gasteiger partial charge in [-0.15, -0.1) is 0 Å². The van der Waals surface area contributed by atoms with E-state index in [-0.39, 0.29) is 44.5 Å². The highest BCUT2D eigenvalue weighted by molar-refractivity contribution is 6.19. The van der Waals surface area contributed by atoms with E-state index in [2.05, 4.69) is 0 Å². The van der Waals surface area contributed by atoms with Gasteiger partial charge < -0.3 is 60.2 Å². The largest absolute Gasteiger partial charge is 0.504 e. The van der Waals surface area contributed by atoms with E-state index in [1.54, 1.807) is 0 Å². The fraction of sp³-hybridized carbons (Fsp3) is 0.111. The highest BCUT2D eigenvalue weighted by Crippen LogP contribution is 2.54. The van der Waals surface area contributed by atoms with Gasteiger partial charge in [-0.1, -0.05) is 18.2 Å². The zero-order chi connectivity index (χ0) is 37.6. The monoisotopic (exact) mass is 714 g/mol. The summed E-state index contributed by atoms with van der Waals surface area (Å²) in [6.45, 7) is 0. The fourth-order valence-corrected chi connectivity index (χ4v) is 5.71. The van der Waals surface area contributed by atoms with Gasteiger partial charge in [-0.3, -0.25) is 0 Å². The van der Waals surface area contributed by atoms with Crippen LogP contribution in [0.15, 0.2) is 66.7 Å². The van der Waals surface area contributed by atoms with Crippen LogP contribution in [0.4, 0.5) is 0 Å². The number of fused-ring (bicyclic) bond motifs is 2. The Balaban J connectivity index is 1.52. The van der Waals surface area contributed by atoms with Gasteiger partial charge in [0, 0.05) is 35.4 Å². The van der Waals surface area contributed by atoms with Crippen molar-refractivity contribution in [3.63, 3.8) is 0 Å². The van der Waals surface area contributed by atoms with Crippen LogP contribution in [0.5, 0.6) is 51.7 Å². The summed E-state index contributed by atoms with van der Waals surface area (Å²) in [6.07, 6.45) is -4.97. The summed E-state index contributed by atoms with van der Waals surface area (Å²) in [7, 11) is 0. The number of hydrogen-bond acceptors (Lipinski definition) is 14. The molecule has 1 aliphatic rings. The molecule has 0 fully saturated rings. The Hall–Kier alpha value is -7.36. The van der Waals surface area contributed by atoms with E-state index in [9.17, 15) is 65.1 Å². The molecule has 266 valence electrons. The van der Waals surface area contributed by atoms with Gasteiger partial charge >= 0.3 is 23.9 Å². The number of ether oxygens (including phenoxy) is 3. The first-order valence-electron chi connectivity index (χ1n) is 15.1. The molecule has 0 saturated carbocycles. The molecule has 16 heteroatoms. The molecule has 16 nitrogen and oxygen atoms in total. The van der Waals surface area contributed by atoms with Crippen LogP contribution >= 0.6 is 0 Å². The number of carboxylic acid groups (broad SMARTS) is 2. The molecule has 0 aromatic heterocycles. The minimum atomic E-state index is -1.98. The second kappa shape index (κ2) is 13.2. The van der Waals surface area contributed by atoms with Crippen molar-refractivity contribution in [2.24, 2.45) is 0 Å². The molecule has 6 rings (SSSR count). The first kappa shape index (κ1) is 34.5. The molecular weight excluding hydrogens is 688 g/mol. The lowest BCUT2D eigenvalue weighted by Gasteiger charge is -2.26. The van der Waals surface area contributed by atoms with Crippen molar-refractivity contribution in [1.29, 1.82) is 0 Å². The van der Waals surface area contributed by atoms with Crippen LogP contribution in [0.25, 0.3) is 21.9 Å². The third-order valence-corrected chi connectivity index (χ3v) is 8.19. The molecule has 0 radical (unpaired) electrons. The molecule has 1 heterocycles. The van der Waals surface area contributed by atoms with Crippen molar-refractivity contribution in [3.05, 3.63) is 89.0 Å². The number of aliphatic carboxylic acids is 2. The number of esters is 2. The Labute approximate surface area is 290 Å². The van der Waals surface area contributed by atoms with Crippen molar-refractivity contribution in [2.75, 3.05) is 0 Å². The Morgan fingerprint density at radius 1 is 0.577 bits per heavy atom. The maximum Gasteiger partial charge on any atom is 0.345 e. The SMILES string of the molecule is O=C(OC(Cc1ccc(O)c(O)c1)C(=O)O)c1cc2ccc(O)c3c2c(c1C(=O)OC(Cc1ccc(O)c(O)c1)C(=O)O)-c1cc(O)c(O)cc1O3. The van der Waals surface area contributed by atoms with Crippen LogP contribution in [0.1, 0.15) is 31.8 Å². The molecule has 52 heavy (non-hydrogen) atoms. The summed E-state index contributed by atoms with van der Waals surface area (Å²) >= 11 is 0. The standard InChI is InChI=1S/C36H26O16/c37-19-4-1-14(7-22(19)40)9-27(33(44)45)51-35(48)18-11-16-3-6-21(39)32-29(16)30(17-12-24(42)25(43)13-26(17)50-32)31(18)36(49)52-28(34(46)47)10-15-2-5-20(38)23(41)8-15/h1-8,11-13,27-28,37-43H,9-10H2,(H,44,45)(H,46,47). The van der Waals surface area contributed by atoms with Crippen LogP contribution in [0.3, 0.4) is 0 Å². The van der Waals surface area contributed by atoms with Crippen molar-refractivity contribution in [3.8, 4) is 62.9 Å². The highest BCUT2D eigenvalue weighted by atomic mass is 16.6. The van der Waals surface area contributed by atoms with Gasteiger partial charge in [0.25, 0.3) is 0 Å². The minimum absolute atomic E-state index is 0.0224. The van der Waals surface area contributed by atoms with E-state index in [4.69, 9.17) is 14.2 Å². The van der Waals surface area contributed by atoms with Crippen molar-refractivity contribution >= 4 is 34.6 Å². The first-order chi connectivity index (χ1) is 24.6. The number of carbonyl (C=O) groups excluding carboxylic acids is 2. The molecule has 2 unspecified atom stereocenters. The average Bonchev–Trinajstić information content (AvgIpc) is 3.09. The zero-order valence-corrected chi connectivity index (χ0v) is 26.3. The quantitative estimate of drug-likeness (QED) is 0.0708. The van der Waals surface area contributed by atoms with Crippen molar-refractivity contribution in [2.45, 2.75) is 25.0 Å². The van der Waals surface area contributed by atoms with Crippen molar-refractivity contribution in [1.82, 2.24) is 0 Å². The van der Waals surface area contributed by atoms with Gasteiger partial charge in [-0.2, -0.15) is 0 Å². The third kappa shape index (κ3) is 6.38. The number of hydrogen-bond donors (Lipinski definition) is 9. The van der Waals surface area contributed by atoms with Crippen LogP contribution in [-0.2, 0) is 31.9 Å². The van der Waals surface area contributed by atoms with Gasteiger partial charge in [-0.25, -0.2) is 19.2 Å². The molecule has 0 amide bonds. The van der Waals surface area contributed by atoms with E-state index in [0.717, 1.165) is 42.5 Å². The van der Waals surface area contributed by atoms with Gasteiger partial charge in [0.1, 0.15) is 5.75 Å². The average molecular weight is 715 g/mol. The zero-order valence-electron chi connectivity index (χ0n) is 26.3. The lowest BCUT2D eigenvalue weighted by Crippen LogP contribution is -2.32. The molecule has 0 aliphatic carbocycles. The van der Waals surface area contributed by atoms with Crippen molar-refractivity contribution < 1.29 is 79.3 Å². The molecule has 0 bridgehead atoms. The lowest BCUT2D eigenvalue weighted by atomic mass is 9.86. The van der Waals surface area contributed by atoms with E-state index in [1.165, 1.54) is 24.3 Å². The normalized spacial score (nSPS) is 12.6. The topological polar surface area (TPSA) is 278 Å². The third-order valence-electron chi connectivity index (χ3n) is 8.19. The minimum Gasteiger partial charge on any atom is -0.504 e. The number of carbonyl (C=O) groups is 4. The van der Waals surface area contributed by atoms with Crippen LogP contribution in [0, 0.1) is 0 Å². The summed E-state index contributed by atoms with van der Waals surface area (Å²) in [4.78, 5) is 52.8. The number of carboxylic acids is 2. The van der Waals surface area contributed by atoms with Crippen LogP contribution in [-0.4, -0.2) is 82.0 Å². The Morgan fingerprint density at radius 3 is 1.62 bits per heavy atom. The molecule has 1 aliphatic heterocycles. The summed E-state index contributed by atoms with van der Waals surface area (Å²) in [5, 5.41) is 90.6. The Morgan fingerprint density at radius 2 is 1.08 bits per heavy atom. The van der Waals surface area contributed by atoms with Gasteiger partial charge in [0.05, 0.1) is 11.1 Å². The van der Waals surface area contributed by atoms with E-state index in [0.29, 0.717) is 0 Å². The molecule has 2 atom stereocenters. The van der Waals surface area contributed by atoms with Gasteiger partial charge in [0.2, 0.25) is 12.2 Å². The molecular formula is C36H26O16. The predicted octanol–water partition coefficient (Wildman–Crippen LogP) is 4.26. The summed E-state index contributed by atoms with van der Waals surface area (Å²) in [6, 6.07) is 12.3. The van der Waals surface area contributed by atoms with E-state index < -0.39 is 100 Å². The van der Waals surface area contributed by atoms with E-state index >= 15 is 0 Å². The molecule has 5 aromatic rings. The maximum atomic E-state index is 14.2.